The fourth-order valence-electron chi connectivity index (χ4n) is 2.98. The molecule has 2 aliphatic rings. The summed E-state index contributed by atoms with van der Waals surface area (Å²) in [6, 6.07) is 0. The number of fused-ring (bicyclic) bond motifs is 2. The van der Waals surface area contributed by atoms with Gasteiger partial charge in [-0.25, -0.2) is 4.68 Å². The summed E-state index contributed by atoms with van der Waals surface area (Å²) < 4.78 is 1.70. The minimum absolute atomic E-state index is 0.350. The maximum Gasteiger partial charge on any atom is 0.113 e. The Morgan fingerprint density at radius 3 is 3.13 bits per heavy atom. The van der Waals surface area contributed by atoms with Crippen molar-refractivity contribution < 1.29 is 5.11 Å². The number of aryl methyl sites for hydroxylation is 1. The van der Waals surface area contributed by atoms with Crippen LogP contribution in [0, 0.1) is 5.92 Å². The Kier molecular flexibility index (Phi) is 1.87. The maximum absolute atomic E-state index is 10.8. The van der Waals surface area contributed by atoms with Crippen molar-refractivity contribution in [3.63, 3.8) is 0 Å². The van der Waals surface area contributed by atoms with Crippen LogP contribution in [0.2, 0.25) is 0 Å². The lowest BCUT2D eigenvalue weighted by Gasteiger charge is -2.38. The van der Waals surface area contributed by atoms with Gasteiger partial charge in [-0.3, -0.25) is 0 Å². The van der Waals surface area contributed by atoms with Crippen molar-refractivity contribution >= 4 is 0 Å². The summed E-state index contributed by atoms with van der Waals surface area (Å²) in [4.78, 5) is 2.42. The van der Waals surface area contributed by atoms with Gasteiger partial charge in [-0.1, -0.05) is 5.21 Å². The lowest BCUT2D eigenvalue weighted by Crippen LogP contribution is -2.45. The second kappa shape index (κ2) is 3.02. The molecule has 0 spiro atoms. The number of hydrogen-bond donors (Lipinski definition) is 1. The minimum atomic E-state index is -0.703. The van der Waals surface area contributed by atoms with Crippen molar-refractivity contribution in [1.29, 1.82) is 0 Å². The summed E-state index contributed by atoms with van der Waals surface area (Å²) in [6.45, 7) is 3.12. The SMILES string of the molecule is Cn1nncc1C1(O)CCN2CCC1C2. The van der Waals surface area contributed by atoms with E-state index >= 15 is 0 Å². The Morgan fingerprint density at radius 2 is 2.40 bits per heavy atom. The molecule has 1 aromatic heterocycles. The smallest absolute Gasteiger partial charge is 0.113 e. The van der Waals surface area contributed by atoms with Crippen molar-refractivity contribution in [1.82, 2.24) is 19.9 Å². The minimum Gasteiger partial charge on any atom is -0.383 e. The Morgan fingerprint density at radius 1 is 1.53 bits per heavy atom. The van der Waals surface area contributed by atoms with Crippen LogP contribution in [0.15, 0.2) is 6.20 Å². The van der Waals surface area contributed by atoms with Gasteiger partial charge in [0, 0.05) is 26.1 Å². The van der Waals surface area contributed by atoms with Gasteiger partial charge in [0.1, 0.15) is 5.60 Å². The van der Waals surface area contributed by atoms with Crippen LogP contribution in [0.3, 0.4) is 0 Å². The predicted octanol–water partition coefficient (Wildman–Crippen LogP) is -0.272. The van der Waals surface area contributed by atoms with E-state index in [0.717, 1.165) is 38.2 Å². The summed E-state index contributed by atoms with van der Waals surface area (Å²) in [5.74, 6) is 0.350. The molecular weight excluding hydrogens is 192 g/mol. The first-order valence-electron chi connectivity index (χ1n) is 5.50. The average molecular weight is 208 g/mol. The fraction of sp³-hybridized carbons (Fsp3) is 0.800. The molecule has 15 heavy (non-hydrogen) atoms. The third kappa shape index (κ3) is 1.23. The monoisotopic (exact) mass is 208 g/mol. The molecule has 0 aromatic carbocycles. The molecule has 0 amide bonds. The van der Waals surface area contributed by atoms with Gasteiger partial charge in [0.25, 0.3) is 0 Å². The van der Waals surface area contributed by atoms with Crippen molar-refractivity contribution in [2.24, 2.45) is 13.0 Å². The number of aliphatic hydroxyl groups is 1. The second-order valence-corrected chi connectivity index (χ2v) is 4.70. The maximum atomic E-state index is 10.8. The van der Waals surface area contributed by atoms with E-state index in [9.17, 15) is 5.11 Å². The molecule has 82 valence electrons. The van der Waals surface area contributed by atoms with E-state index in [2.05, 4.69) is 15.2 Å². The molecule has 1 N–H and O–H groups in total. The lowest BCUT2D eigenvalue weighted by atomic mass is 9.80. The molecule has 3 unspecified atom stereocenters. The van der Waals surface area contributed by atoms with E-state index in [1.807, 2.05) is 7.05 Å². The normalized spacial score (nSPS) is 39.6. The van der Waals surface area contributed by atoms with E-state index < -0.39 is 5.60 Å². The number of hydrogen-bond acceptors (Lipinski definition) is 4. The molecule has 5 heteroatoms. The molecular formula is C10H16N4O. The number of piperidine rings is 1. The van der Waals surface area contributed by atoms with Crippen LogP contribution in [-0.4, -0.2) is 44.6 Å². The Hall–Kier alpha value is -0.940. The van der Waals surface area contributed by atoms with Gasteiger partial charge in [0.15, 0.2) is 0 Å². The third-order valence-corrected chi connectivity index (χ3v) is 3.91. The Labute approximate surface area is 88.7 Å². The van der Waals surface area contributed by atoms with Crippen LogP contribution < -0.4 is 0 Å². The zero-order chi connectivity index (χ0) is 10.5. The van der Waals surface area contributed by atoms with E-state index in [0.29, 0.717) is 5.92 Å². The van der Waals surface area contributed by atoms with Gasteiger partial charge in [0.2, 0.25) is 0 Å². The van der Waals surface area contributed by atoms with Crippen molar-refractivity contribution in [3.05, 3.63) is 11.9 Å². The third-order valence-electron chi connectivity index (χ3n) is 3.91. The molecule has 0 radical (unpaired) electrons. The first kappa shape index (κ1) is 9.30. The van der Waals surface area contributed by atoms with Crippen molar-refractivity contribution in [3.8, 4) is 0 Å². The highest BCUT2D eigenvalue weighted by Gasteiger charge is 2.47. The van der Waals surface area contributed by atoms with Gasteiger partial charge in [-0.2, -0.15) is 0 Å². The number of rotatable bonds is 1. The van der Waals surface area contributed by atoms with Gasteiger partial charge in [-0.05, 0) is 19.4 Å². The van der Waals surface area contributed by atoms with Crippen LogP contribution >= 0.6 is 0 Å². The molecule has 0 aliphatic carbocycles. The highest BCUT2D eigenvalue weighted by atomic mass is 16.3. The summed E-state index contributed by atoms with van der Waals surface area (Å²) in [7, 11) is 1.85. The quantitative estimate of drug-likeness (QED) is 0.690. The molecule has 0 saturated carbocycles. The van der Waals surface area contributed by atoms with Crippen LogP contribution in [-0.2, 0) is 12.6 Å². The van der Waals surface area contributed by atoms with Gasteiger partial charge >= 0.3 is 0 Å². The molecule has 3 atom stereocenters. The standard InChI is InChI=1S/C10H16N4O/c1-13-9(6-11-12-13)10(15)3-5-14-4-2-8(10)7-14/h6,8,15H,2-5,7H2,1H3. The first-order chi connectivity index (χ1) is 7.20. The molecule has 1 aromatic rings. The van der Waals surface area contributed by atoms with E-state index in [1.54, 1.807) is 10.9 Å². The summed E-state index contributed by atoms with van der Waals surface area (Å²) in [5, 5.41) is 18.5. The van der Waals surface area contributed by atoms with Gasteiger partial charge in [-0.15, -0.1) is 5.10 Å². The van der Waals surface area contributed by atoms with E-state index in [4.69, 9.17) is 0 Å². The molecule has 2 saturated heterocycles. The van der Waals surface area contributed by atoms with Crippen molar-refractivity contribution in [2.45, 2.75) is 18.4 Å². The van der Waals surface area contributed by atoms with Crippen LogP contribution in [0.4, 0.5) is 0 Å². The second-order valence-electron chi connectivity index (χ2n) is 4.70. The molecule has 2 aliphatic heterocycles. The Balaban J connectivity index is 1.99. The summed E-state index contributed by atoms with van der Waals surface area (Å²) in [5.41, 5.74) is 0.166. The zero-order valence-electron chi connectivity index (χ0n) is 8.93. The molecule has 2 bridgehead atoms. The Bertz CT molecular complexity index is 377. The fourth-order valence-corrected chi connectivity index (χ4v) is 2.98. The highest BCUT2D eigenvalue weighted by molar-refractivity contribution is 5.14. The van der Waals surface area contributed by atoms with Gasteiger partial charge < -0.3 is 10.0 Å². The van der Waals surface area contributed by atoms with E-state index in [1.165, 1.54) is 0 Å². The molecule has 2 fully saturated rings. The molecule has 5 nitrogen and oxygen atoms in total. The zero-order valence-corrected chi connectivity index (χ0v) is 8.93. The highest BCUT2D eigenvalue weighted by Crippen LogP contribution is 2.41. The number of nitrogens with zero attached hydrogens (tertiary/aromatic N) is 4. The topological polar surface area (TPSA) is 54.2 Å². The largest absolute Gasteiger partial charge is 0.383 e. The van der Waals surface area contributed by atoms with Crippen molar-refractivity contribution in [2.75, 3.05) is 19.6 Å². The van der Waals surface area contributed by atoms with E-state index in [-0.39, 0.29) is 0 Å². The summed E-state index contributed by atoms with van der Waals surface area (Å²) in [6.07, 6.45) is 3.59. The summed E-state index contributed by atoms with van der Waals surface area (Å²) >= 11 is 0. The van der Waals surface area contributed by atoms with Crippen LogP contribution in [0.1, 0.15) is 18.5 Å². The predicted molar refractivity (Wildman–Crippen MR) is 54.1 cm³/mol. The number of aromatic nitrogens is 3. The molecule has 3 rings (SSSR count). The molecule has 3 heterocycles. The van der Waals surface area contributed by atoms with Crippen LogP contribution in [0.25, 0.3) is 0 Å². The van der Waals surface area contributed by atoms with Gasteiger partial charge in [0.05, 0.1) is 11.9 Å². The first-order valence-corrected chi connectivity index (χ1v) is 5.50. The van der Waals surface area contributed by atoms with Crippen LogP contribution in [0.5, 0.6) is 0 Å². The average Bonchev–Trinajstić information content (AvgIpc) is 2.81. The lowest BCUT2D eigenvalue weighted by molar-refractivity contribution is -0.0564.